The fourth-order valence-corrected chi connectivity index (χ4v) is 3.36. The number of halogens is 1. The van der Waals surface area contributed by atoms with Crippen molar-refractivity contribution in [3.63, 3.8) is 0 Å². The average molecular weight is 398 g/mol. The Labute approximate surface area is 168 Å². The highest BCUT2D eigenvalue weighted by Gasteiger charge is 2.19. The highest BCUT2D eigenvalue weighted by molar-refractivity contribution is 6.32. The Hall–Kier alpha value is -2.99. The Kier molecular flexibility index (Phi) is 5.21. The first-order chi connectivity index (χ1) is 13.6. The van der Waals surface area contributed by atoms with Gasteiger partial charge in [0.2, 0.25) is 0 Å². The van der Waals surface area contributed by atoms with Gasteiger partial charge < -0.3 is 14.8 Å². The molecule has 144 valence electrons. The van der Waals surface area contributed by atoms with Crippen LogP contribution in [0.25, 0.3) is 0 Å². The number of benzene rings is 2. The molecule has 0 aliphatic carbocycles. The molecule has 1 aromatic heterocycles. The molecule has 7 heteroatoms. The lowest BCUT2D eigenvalue weighted by Gasteiger charge is -2.13. The van der Waals surface area contributed by atoms with Gasteiger partial charge in [0.15, 0.2) is 11.5 Å². The van der Waals surface area contributed by atoms with E-state index in [4.69, 9.17) is 21.1 Å². The molecular weight excluding hydrogens is 378 g/mol. The second kappa shape index (κ2) is 7.94. The Balaban J connectivity index is 1.54. The summed E-state index contributed by atoms with van der Waals surface area (Å²) in [6.45, 7) is 3.67. The van der Waals surface area contributed by atoms with Crippen molar-refractivity contribution in [1.82, 2.24) is 9.78 Å². The SMILES string of the molecule is Cc1cccc(Cn2nccc2NC(=O)c2cc(Cl)c3c(c2)OCCCO3)c1. The first-order valence-corrected chi connectivity index (χ1v) is 9.46. The lowest BCUT2D eigenvalue weighted by atomic mass is 10.1. The molecule has 2 aromatic carbocycles. The Bertz CT molecular complexity index is 1020. The monoisotopic (exact) mass is 397 g/mol. The van der Waals surface area contributed by atoms with Gasteiger partial charge in [-0.05, 0) is 24.6 Å². The van der Waals surface area contributed by atoms with E-state index in [0.29, 0.717) is 47.7 Å². The number of carbonyl (C=O) groups is 1. The fraction of sp³-hybridized carbons (Fsp3) is 0.238. The van der Waals surface area contributed by atoms with Crippen LogP contribution in [-0.2, 0) is 6.54 Å². The van der Waals surface area contributed by atoms with Crippen LogP contribution in [0.2, 0.25) is 5.02 Å². The molecule has 4 rings (SSSR count). The number of carbonyl (C=O) groups excluding carboxylic acids is 1. The molecule has 3 aromatic rings. The molecular formula is C21H20ClN3O3. The largest absolute Gasteiger partial charge is 0.489 e. The molecule has 0 atom stereocenters. The van der Waals surface area contributed by atoms with Crippen LogP contribution in [0, 0.1) is 6.92 Å². The number of anilines is 1. The minimum Gasteiger partial charge on any atom is -0.489 e. The van der Waals surface area contributed by atoms with Gasteiger partial charge in [-0.2, -0.15) is 5.10 Å². The lowest BCUT2D eigenvalue weighted by molar-refractivity contribution is 0.102. The van der Waals surface area contributed by atoms with Gasteiger partial charge >= 0.3 is 0 Å². The van der Waals surface area contributed by atoms with Crippen LogP contribution in [0.15, 0.2) is 48.7 Å². The molecule has 1 aliphatic heterocycles. The first-order valence-electron chi connectivity index (χ1n) is 9.08. The second-order valence-electron chi connectivity index (χ2n) is 6.65. The van der Waals surface area contributed by atoms with Crippen molar-refractivity contribution in [2.75, 3.05) is 18.5 Å². The third kappa shape index (κ3) is 3.97. The first kappa shape index (κ1) is 18.4. The average Bonchev–Trinajstić information content (AvgIpc) is 2.95. The van der Waals surface area contributed by atoms with Gasteiger partial charge in [0.25, 0.3) is 5.91 Å². The van der Waals surface area contributed by atoms with E-state index in [1.54, 1.807) is 29.1 Å². The van der Waals surface area contributed by atoms with E-state index in [1.807, 2.05) is 25.1 Å². The molecule has 6 nitrogen and oxygen atoms in total. The summed E-state index contributed by atoms with van der Waals surface area (Å²) in [5.74, 6) is 1.29. The van der Waals surface area contributed by atoms with Gasteiger partial charge in [0.1, 0.15) is 5.82 Å². The third-order valence-corrected chi connectivity index (χ3v) is 4.72. The minimum absolute atomic E-state index is 0.288. The summed E-state index contributed by atoms with van der Waals surface area (Å²) in [7, 11) is 0. The zero-order valence-electron chi connectivity index (χ0n) is 15.4. The van der Waals surface area contributed by atoms with E-state index < -0.39 is 0 Å². The normalized spacial score (nSPS) is 13.1. The number of hydrogen-bond acceptors (Lipinski definition) is 4. The fourth-order valence-electron chi connectivity index (χ4n) is 3.10. The van der Waals surface area contributed by atoms with Crippen molar-refractivity contribution in [2.45, 2.75) is 19.9 Å². The molecule has 0 radical (unpaired) electrons. The van der Waals surface area contributed by atoms with Crippen LogP contribution in [-0.4, -0.2) is 28.9 Å². The highest BCUT2D eigenvalue weighted by atomic mass is 35.5. The van der Waals surface area contributed by atoms with Crippen molar-refractivity contribution < 1.29 is 14.3 Å². The Morgan fingerprint density at radius 1 is 1.21 bits per heavy atom. The highest BCUT2D eigenvalue weighted by Crippen LogP contribution is 2.38. The smallest absolute Gasteiger partial charge is 0.257 e. The maximum Gasteiger partial charge on any atom is 0.257 e. The summed E-state index contributed by atoms with van der Waals surface area (Å²) in [5.41, 5.74) is 2.69. The van der Waals surface area contributed by atoms with Crippen LogP contribution in [0.1, 0.15) is 27.9 Å². The van der Waals surface area contributed by atoms with Crippen molar-refractivity contribution in [2.24, 2.45) is 0 Å². The molecule has 0 fully saturated rings. The number of fused-ring (bicyclic) bond motifs is 1. The number of nitrogens with one attached hydrogen (secondary N) is 1. The number of amides is 1. The number of hydrogen-bond donors (Lipinski definition) is 1. The van der Waals surface area contributed by atoms with Gasteiger partial charge in [0.05, 0.1) is 31.0 Å². The van der Waals surface area contributed by atoms with E-state index in [1.165, 1.54) is 5.56 Å². The molecule has 1 N–H and O–H groups in total. The maximum atomic E-state index is 12.8. The van der Waals surface area contributed by atoms with Gasteiger partial charge in [0, 0.05) is 18.1 Å². The standard InChI is InChI=1S/C21H20ClN3O3/c1-14-4-2-5-15(10-14)13-25-19(6-7-23-25)24-21(26)16-11-17(22)20-18(12-16)27-8-3-9-28-20/h2,4-7,10-12H,3,8-9,13H2,1H3,(H,24,26). The van der Waals surface area contributed by atoms with Crippen LogP contribution < -0.4 is 14.8 Å². The molecule has 0 spiro atoms. The van der Waals surface area contributed by atoms with Gasteiger partial charge in [-0.15, -0.1) is 0 Å². The van der Waals surface area contributed by atoms with Crippen LogP contribution in [0.3, 0.4) is 0 Å². The van der Waals surface area contributed by atoms with Crippen molar-refractivity contribution >= 4 is 23.3 Å². The van der Waals surface area contributed by atoms with Gasteiger partial charge in [-0.3, -0.25) is 4.79 Å². The lowest BCUT2D eigenvalue weighted by Crippen LogP contribution is -2.16. The number of ether oxygens (including phenoxy) is 2. The molecule has 2 heterocycles. The number of nitrogens with zero attached hydrogens (tertiary/aromatic N) is 2. The number of aryl methyl sites for hydroxylation is 1. The topological polar surface area (TPSA) is 65.4 Å². The molecule has 0 bridgehead atoms. The Morgan fingerprint density at radius 3 is 2.93 bits per heavy atom. The van der Waals surface area contributed by atoms with E-state index in [-0.39, 0.29) is 5.91 Å². The van der Waals surface area contributed by atoms with Crippen LogP contribution in [0.4, 0.5) is 5.82 Å². The molecule has 0 unspecified atom stereocenters. The summed E-state index contributed by atoms with van der Waals surface area (Å²) >= 11 is 6.30. The van der Waals surface area contributed by atoms with E-state index in [2.05, 4.69) is 16.5 Å². The summed E-state index contributed by atoms with van der Waals surface area (Å²) in [4.78, 5) is 12.8. The van der Waals surface area contributed by atoms with Crippen molar-refractivity contribution in [3.8, 4) is 11.5 Å². The quantitative estimate of drug-likeness (QED) is 0.712. The van der Waals surface area contributed by atoms with Gasteiger partial charge in [-0.1, -0.05) is 41.4 Å². The molecule has 1 aliphatic rings. The predicted octanol–water partition coefficient (Wildman–Crippen LogP) is 4.31. The summed E-state index contributed by atoms with van der Waals surface area (Å²) in [6.07, 6.45) is 2.43. The van der Waals surface area contributed by atoms with E-state index in [0.717, 1.165) is 12.0 Å². The van der Waals surface area contributed by atoms with Crippen LogP contribution in [0.5, 0.6) is 11.5 Å². The Morgan fingerprint density at radius 2 is 2.07 bits per heavy atom. The van der Waals surface area contributed by atoms with Crippen LogP contribution >= 0.6 is 11.6 Å². The van der Waals surface area contributed by atoms with E-state index in [9.17, 15) is 4.79 Å². The predicted molar refractivity (Wildman–Crippen MR) is 108 cm³/mol. The minimum atomic E-state index is -0.288. The molecule has 1 amide bonds. The summed E-state index contributed by atoms with van der Waals surface area (Å²) in [6, 6.07) is 13.2. The van der Waals surface area contributed by atoms with E-state index >= 15 is 0 Å². The summed E-state index contributed by atoms with van der Waals surface area (Å²) < 4.78 is 13.0. The summed E-state index contributed by atoms with van der Waals surface area (Å²) in [5, 5.41) is 7.58. The molecule has 0 saturated carbocycles. The van der Waals surface area contributed by atoms with Gasteiger partial charge in [-0.25, -0.2) is 4.68 Å². The molecule has 0 saturated heterocycles. The zero-order chi connectivity index (χ0) is 19.5. The second-order valence-corrected chi connectivity index (χ2v) is 7.06. The number of rotatable bonds is 4. The number of aromatic nitrogens is 2. The third-order valence-electron chi connectivity index (χ3n) is 4.44. The van der Waals surface area contributed by atoms with Crippen molar-refractivity contribution in [1.29, 1.82) is 0 Å². The molecule has 28 heavy (non-hydrogen) atoms. The van der Waals surface area contributed by atoms with Crippen molar-refractivity contribution in [3.05, 3.63) is 70.4 Å². The maximum absolute atomic E-state index is 12.8. The zero-order valence-corrected chi connectivity index (χ0v) is 16.2.